The second-order valence-electron chi connectivity index (χ2n) is 10.8. The van der Waals surface area contributed by atoms with Crippen molar-refractivity contribution < 1.29 is 0 Å². The largest absolute Gasteiger partial charge is 0.306 e. The first kappa shape index (κ1) is 17.4. The Morgan fingerprint density at radius 3 is 2.25 bits per heavy atom. The van der Waals surface area contributed by atoms with Crippen molar-refractivity contribution in [3.63, 3.8) is 0 Å². The first-order valence-corrected chi connectivity index (χ1v) is 11.1. The predicted octanol–water partition coefficient (Wildman–Crippen LogP) is 5.99. The SMILES string of the molecule is CC[C@H]1CC[C@H]2[C@@H]3CC[C@H]4C[C@@H](N(C)C)CC[C@]4(C)[C@H]3CC[C@]12C. The zero-order valence-electron chi connectivity index (χ0n) is 17.0. The van der Waals surface area contributed by atoms with Gasteiger partial charge in [0, 0.05) is 6.04 Å². The van der Waals surface area contributed by atoms with Crippen molar-refractivity contribution in [2.75, 3.05) is 14.1 Å². The number of rotatable bonds is 2. The molecule has 0 N–H and O–H groups in total. The van der Waals surface area contributed by atoms with Gasteiger partial charge in [0.25, 0.3) is 0 Å². The highest BCUT2D eigenvalue weighted by Crippen LogP contribution is 2.67. The van der Waals surface area contributed by atoms with Crippen molar-refractivity contribution in [3.8, 4) is 0 Å². The van der Waals surface area contributed by atoms with Crippen LogP contribution in [-0.2, 0) is 0 Å². The van der Waals surface area contributed by atoms with Gasteiger partial charge < -0.3 is 4.90 Å². The average molecular weight is 332 g/mol. The maximum Gasteiger partial charge on any atom is 0.00922 e. The number of hydrogen-bond donors (Lipinski definition) is 0. The molecule has 1 heteroatoms. The van der Waals surface area contributed by atoms with Crippen LogP contribution < -0.4 is 0 Å². The standard InChI is InChI=1S/C23H41N/c1-6-16-8-10-20-19-9-7-17-15-18(24(4)5)11-13-23(17,3)21(19)12-14-22(16,20)2/h16-21H,6-15H2,1-5H3/t16-,17-,18-,19-,20-,21-,22+,23-/m0/s1. The molecule has 4 saturated carbocycles. The van der Waals surface area contributed by atoms with E-state index in [-0.39, 0.29) is 0 Å². The molecule has 0 aliphatic heterocycles. The quantitative estimate of drug-likeness (QED) is 0.601. The lowest BCUT2D eigenvalue weighted by molar-refractivity contribution is -0.119. The van der Waals surface area contributed by atoms with Crippen molar-refractivity contribution >= 4 is 0 Å². The summed E-state index contributed by atoms with van der Waals surface area (Å²) in [6, 6.07) is 0.851. The molecule has 0 aromatic carbocycles. The number of nitrogens with zero attached hydrogens (tertiary/aromatic N) is 1. The molecule has 1 nitrogen and oxygen atoms in total. The summed E-state index contributed by atoms with van der Waals surface area (Å²) in [6.45, 7) is 7.85. The van der Waals surface area contributed by atoms with Crippen molar-refractivity contribution in [1.29, 1.82) is 0 Å². The fourth-order valence-electron chi connectivity index (χ4n) is 8.48. The Morgan fingerprint density at radius 1 is 0.833 bits per heavy atom. The van der Waals surface area contributed by atoms with Crippen molar-refractivity contribution in [1.82, 2.24) is 4.90 Å². The van der Waals surface area contributed by atoms with Crippen LogP contribution >= 0.6 is 0 Å². The summed E-state index contributed by atoms with van der Waals surface area (Å²) in [5.74, 6) is 5.21. The number of fused-ring (bicyclic) bond motifs is 5. The Kier molecular flexibility index (Phi) is 4.34. The topological polar surface area (TPSA) is 3.24 Å². The lowest BCUT2D eigenvalue weighted by Gasteiger charge is -2.61. The minimum absolute atomic E-state index is 0.668. The molecule has 4 aliphatic carbocycles. The van der Waals surface area contributed by atoms with Gasteiger partial charge in [0.1, 0.15) is 0 Å². The maximum absolute atomic E-state index is 2.72. The van der Waals surface area contributed by atoms with E-state index in [2.05, 4.69) is 39.8 Å². The summed E-state index contributed by atoms with van der Waals surface area (Å²) < 4.78 is 0. The van der Waals surface area contributed by atoms with Crippen molar-refractivity contribution in [2.24, 2.45) is 40.4 Å². The molecule has 0 aromatic rings. The smallest absolute Gasteiger partial charge is 0.00922 e. The Labute approximate surface area is 151 Å². The van der Waals surface area contributed by atoms with E-state index in [1.807, 2.05) is 0 Å². The van der Waals surface area contributed by atoms with Crippen LogP contribution in [0.5, 0.6) is 0 Å². The fourth-order valence-corrected chi connectivity index (χ4v) is 8.48. The Bertz CT molecular complexity index is 471. The predicted molar refractivity (Wildman–Crippen MR) is 103 cm³/mol. The zero-order chi connectivity index (χ0) is 17.1. The van der Waals surface area contributed by atoms with E-state index in [4.69, 9.17) is 0 Å². The zero-order valence-corrected chi connectivity index (χ0v) is 17.0. The Hall–Kier alpha value is -0.0400. The molecule has 24 heavy (non-hydrogen) atoms. The van der Waals surface area contributed by atoms with E-state index in [0.29, 0.717) is 10.8 Å². The minimum Gasteiger partial charge on any atom is -0.306 e. The highest BCUT2D eigenvalue weighted by atomic mass is 15.1. The van der Waals surface area contributed by atoms with Crippen LogP contribution in [0.3, 0.4) is 0 Å². The Morgan fingerprint density at radius 2 is 1.54 bits per heavy atom. The van der Waals surface area contributed by atoms with Crippen molar-refractivity contribution in [2.45, 2.75) is 91.0 Å². The van der Waals surface area contributed by atoms with E-state index < -0.39 is 0 Å². The lowest BCUT2D eigenvalue weighted by atomic mass is 9.44. The second kappa shape index (κ2) is 6.00. The summed E-state index contributed by atoms with van der Waals surface area (Å²) in [6.07, 6.45) is 15.1. The van der Waals surface area contributed by atoms with E-state index in [0.717, 1.165) is 35.6 Å². The lowest BCUT2D eigenvalue weighted by Crippen LogP contribution is -2.54. The molecule has 138 valence electrons. The molecule has 4 rings (SSSR count). The van der Waals surface area contributed by atoms with Gasteiger partial charge >= 0.3 is 0 Å². The summed E-state index contributed by atoms with van der Waals surface area (Å²) in [5, 5.41) is 0. The molecule has 0 radical (unpaired) electrons. The molecule has 4 aliphatic rings. The van der Waals surface area contributed by atoms with Crippen LogP contribution in [0.1, 0.15) is 85.0 Å². The van der Waals surface area contributed by atoms with E-state index >= 15 is 0 Å². The van der Waals surface area contributed by atoms with Crippen LogP contribution in [0, 0.1) is 40.4 Å². The van der Waals surface area contributed by atoms with Gasteiger partial charge in [-0.3, -0.25) is 0 Å². The molecular formula is C23H41N. The van der Waals surface area contributed by atoms with Crippen LogP contribution in [0.25, 0.3) is 0 Å². The molecule has 0 bridgehead atoms. The molecule has 0 unspecified atom stereocenters. The van der Waals surface area contributed by atoms with Crippen LogP contribution in [0.2, 0.25) is 0 Å². The maximum atomic E-state index is 2.72. The molecule has 0 heterocycles. The molecule has 0 amide bonds. The van der Waals surface area contributed by atoms with Gasteiger partial charge in [0.05, 0.1) is 0 Å². The van der Waals surface area contributed by atoms with Gasteiger partial charge in [-0.2, -0.15) is 0 Å². The fraction of sp³-hybridized carbons (Fsp3) is 1.00. The van der Waals surface area contributed by atoms with Gasteiger partial charge in [0.15, 0.2) is 0 Å². The Balaban J connectivity index is 1.56. The first-order valence-electron chi connectivity index (χ1n) is 11.1. The van der Waals surface area contributed by atoms with Crippen LogP contribution in [0.4, 0.5) is 0 Å². The molecular weight excluding hydrogens is 290 g/mol. The van der Waals surface area contributed by atoms with Crippen molar-refractivity contribution in [3.05, 3.63) is 0 Å². The van der Waals surface area contributed by atoms with E-state index in [1.54, 1.807) is 19.3 Å². The summed E-state index contributed by atoms with van der Waals surface area (Å²) in [7, 11) is 4.60. The summed E-state index contributed by atoms with van der Waals surface area (Å²) >= 11 is 0. The van der Waals surface area contributed by atoms with Gasteiger partial charge in [-0.05, 0) is 112 Å². The van der Waals surface area contributed by atoms with E-state index in [9.17, 15) is 0 Å². The van der Waals surface area contributed by atoms with Crippen LogP contribution in [-0.4, -0.2) is 25.0 Å². The van der Waals surface area contributed by atoms with Gasteiger partial charge in [-0.15, -0.1) is 0 Å². The highest BCUT2D eigenvalue weighted by Gasteiger charge is 2.59. The molecule has 8 atom stereocenters. The monoisotopic (exact) mass is 331 g/mol. The van der Waals surface area contributed by atoms with Gasteiger partial charge in [-0.1, -0.05) is 27.2 Å². The second-order valence-corrected chi connectivity index (χ2v) is 10.8. The van der Waals surface area contributed by atoms with E-state index in [1.165, 1.54) is 44.9 Å². The third-order valence-electron chi connectivity index (χ3n) is 10.1. The molecule has 0 spiro atoms. The molecule has 0 aromatic heterocycles. The average Bonchev–Trinajstić information content (AvgIpc) is 2.90. The molecule has 4 fully saturated rings. The first-order chi connectivity index (χ1) is 11.4. The third kappa shape index (κ3) is 2.36. The van der Waals surface area contributed by atoms with Gasteiger partial charge in [0.2, 0.25) is 0 Å². The normalized spacial score (nSPS) is 54.2. The molecule has 0 saturated heterocycles. The van der Waals surface area contributed by atoms with Crippen LogP contribution in [0.15, 0.2) is 0 Å². The third-order valence-corrected chi connectivity index (χ3v) is 10.1. The highest BCUT2D eigenvalue weighted by molar-refractivity contribution is 5.09. The summed E-state index contributed by atoms with van der Waals surface area (Å²) in [4.78, 5) is 2.51. The van der Waals surface area contributed by atoms with Gasteiger partial charge in [-0.25, -0.2) is 0 Å². The minimum atomic E-state index is 0.668. The summed E-state index contributed by atoms with van der Waals surface area (Å²) in [5.41, 5.74) is 1.36. The number of hydrogen-bond acceptors (Lipinski definition) is 1.